The van der Waals surface area contributed by atoms with E-state index >= 15 is 0 Å². The van der Waals surface area contributed by atoms with Crippen molar-refractivity contribution >= 4 is 17.4 Å². The average Bonchev–Trinajstić information content (AvgIpc) is 2.64. The summed E-state index contributed by atoms with van der Waals surface area (Å²) in [7, 11) is 0. The summed E-state index contributed by atoms with van der Waals surface area (Å²) in [5.74, 6) is -0.171. The summed E-state index contributed by atoms with van der Waals surface area (Å²) in [4.78, 5) is 1.14. The molecule has 1 aliphatic heterocycles. The summed E-state index contributed by atoms with van der Waals surface area (Å²) in [6.45, 7) is 0.957. The van der Waals surface area contributed by atoms with Crippen LogP contribution in [0, 0.1) is 5.82 Å². The molecular weight excluding hydrogens is 257 g/mol. The maximum absolute atomic E-state index is 12.9. The number of fused-ring (bicyclic) bond motifs is 1. The van der Waals surface area contributed by atoms with Crippen molar-refractivity contribution in [1.29, 1.82) is 0 Å². The molecule has 98 valence electrons. The van der Waals surface area contributed by atoms with Gasteiger partial charge in [-0.1, -0.05) is 18.2 Å². The molecule has 3 rings (SSSR count). The Kier molecular flexibility index (Phi) is 3.74. The van der Waals surface area contributed by atoms with E-state index < -0.39 is 0 Å². The second-order valence-electron chi connectivity index (χ2n) is 4.77. The Morgan fingerprint density at radius 1 is 1.05 bits per heavy atom. The molecule has 0 amide bonds. The van der Waals surface area contributed by atoms with E-state index in [0.29, 0.717) is 5.25 Å². The fourth-order valence-electron chi connectivity index (χ4n) is 2.36. The molecule has 0 aliphatic carbocycles. The molecule has 3 heteroatoms. The monoisotopic (exact) mass is 273 g/mol. The van der Waals surface area contributed by atoms with Crippen LogP contribution in [0.25, 0.3) is 0 Å². The maximum atomic E-state index is 12.9. The number of halogens is 1. The van der Waals surface area contributed by atoms with Crippen LogP contribution in [0.3, 0.4) is 0 Å². The molecule has 1 heterocycles. The average molecular weight is 273 g/mol. The predicted molar refractivity (Wildman–Crippen MR) is 79.3 cm³/mol. The van der Waals surface area contributed by atoms with Crippen LogP contribution in [-0.4, -0.2) is 11.8 Å². The smallest absolute Gasteiger partial charge is 0.123 e. The van der Waals surface area contributed by atoms with Gasteiger partial charge >= 0.3 is 0 Å². The number of para-hydroxylation sites is 1. The number of hydrogen-bond acceptors (Lipinski definition) is 2. The third-order valence-electron chi connectivity index (χ3n) is 3.39. The summed E-state index contributed by atoms with van der Waals surface area (Å²) < 4.78 is 12.9. The molecule has 2 aromatic rings. The van der Waals surface area contributed by atoms with Crippen LogP contribution in [0.1, 0.15) is 12.0 Å². The molecule has 0 bridgehead atoms. The second kappa shape index (κ2) is 5.66. The number of aryl methyl sites for hydroxylation is 1. The molecule has 0 radical (unpaired) electrons. The molecule has 1 nitrogen and oxygen atoms in total. The SMILES string of the molecule is Fc1ccc(SC2CCc3ccccc3NC2)cc1. The highest BCUT2D eigenvalue weighted by atomic mass is 32.2. The van der Waals surface area contributed by atoms with Gasteiger partial charge in [0.2, 0.25) is 0 Å². The number of rotatable bonds is 2. The van der Waals surface area contributed by atoms with Gasteiger partial charge < -0.3 is 5.32 Å². The quantitative estimate of drug-likeness (QED) is 0.873. The number of benzene rings is 2. The van der Waals surface area contributed by atoms with Crippen molar-refractivity contribution in [3.63, 3.8) is 0 Å². The van der Waals surface area contributed by atoms with Gasteiger partial charge in [-0.2, -0.15) is 0 Å². The van der Waals surface area contributed by atoms with E-state index in [1.54, 1.807) is 0 Å². The minimum Gasteiger partial charge on any atom is -0.384 e. The highest BCUT2D eigenvalue weighted by molar-refractivity contribution is 8.00. The molecule has 0 aromatic heterocycles. The van der Waals surface area contributed by atoms with Crippen LogP contribution in [0.5, 0.6) is 0 Å². The first kappa shape index (κ1) is 12.5. The third-order valence-corrected chi connectivity index (χ3v) is 4.67. The minimum absolute atomic E-state index is 0.171. The van der Waals surface area contributed by atoms with Crippen molar-refractivity contribution in [3.8, 4) is 0 Å². The molecule has 1 atom stereocenters. The number of thioether (sulfide) groups is 1. The van der Waals surface area contributed by atoms with Gasteiger partial charge in [-0.3, -0.25) is 0 Å². The lowest BCUT2D eigenvalue weighted by Gasteiger charge is -2.14. The highest BCUT2D eigenvalue weighted by Gasteiger charge is 2.16. The van der Waals surface area contributed by atoms with Crippen molar-refractivity contribution < 1.29 is 4.39 Å². The van der Waals surface area contributed by atoms with Crippen molar-refractivity contribution in [2.75, 3.05) is 11.9 Å². The standard InChI is InChI=1S/C16H16FNS/c17-13-6-9-14(10-7-13)19-15-8-5-12-3-1-2-4-16(12)18-11-15/h1-4,6-7,9-10,15,18H,5,8,11H2. The van der Waals surface area contributed by atoms with Crippen LogP contribution >= 0.6 is 11.8 Å². The zero-order chi connectivity index (χ0) is 13.1. The lowest BCUT2D eigenvalue weighted by molar-refractivity contribution is 0.626. The summed E-state index contributed by atoms with van der Waals surface area (Å²) in [6, 6.07) is 15.3. The number of anilines is 1. The first-order valence-electron chi connectivity index (χ1n) is 6.55. The van der Waals surface area contributed by atoms with Gasteiger partial charge in [0, 0.05) is 22.4 Å². The van der Waals surface area contributed by atoms with Gasteiger partial charge in [0.25, 0.3) is 0 Å². The topological polar surface area (TPSA) is 12.0 Å². The Morgan fingerprint density at radius 3 is 2.68 bits per heavy atom. The summed E-state index contributed by atoms with van der Waals surface area (Å²) in [5.41, 5.74) is 2.65. The van der Waals surface area contributed by atoms with E-state index in [9.17, 15) is 4.39 Å². The van der Waals surface area contributed by atoms with E-state index in [-0.39, 0.29) is 5.82 Å². The van der Waals surface area contributed by atoms with Crippen LogP contribution in [-0.2, 0) is 6.42 Å². The lowest BCUT2D eigenvalue weighted by Crippen LogP contribution is -2.14. The summed E-state index contributed by atoms with van der Waals surface area (Å²) in [5, 5.41) is 4.04. The lowest BCUT2D eigenvalue weighted by atomic mass is 10.1. The largest absolute Gasteiger partial charge is 0.384 e. The van der Waals surface area contributed by atoms with Gasteiger partial charge in [-0.15, -0.1) is 11.8 Å². The zero-order valence-electron chi connectivity index (χ0n) is 10.6. The predicted octanol–water partition coefficient (Wildman–Crippen LogP) is 4.34. The molecule has 1 aliphatic rings. The van der Waals surface area contributed by atoms with Crippen molar-refractivity contribution in [2.45, 2.75) is 23.0 Å². The first-order valence-corrected chi connectivity index (χ1v) is 7.43. The van der Waals surface area contributed by atoms with Crippen LogP contribution in [0.15, 0.2) is 53.4 Å². The maximum Gasteiger partial charge on any atom is 0.123 e. The zero-order valence-corrected chi connectivity index (χ0v) is 11.4. The van der Waals surface area contributed by atoms with Gasteiger partial charge in [0.15, 0.2) is 0 Å². The highest BCUT2D eigenvalue weighted by Crippen LogP contribution is 2.30. The van der Waals surface area contributed by atoms with Crippen LogP contribution < -0.4 is 5.32 Å². The van der Waals surface area contributed by atoms with Gasteiger partial charge in [-0.05, 0) is 48.7 Å². The molecule has 0 saturated carbocycles. The van der Waals surface area contributed by atoms with Crippen molar-refractivity contribution in [3.05, 3.63) is 59.9 Å². The summed E-state index contributed by atoms with van der Waals surface area (Å²) >= 11 is 1.83. The van der Waals surface area contributed by atoms with Gasteiger partial charge in [0.05, 0.1) is 0 Å². The Bertz CT molecular complexity index is 526. The normalized spacial score (nSPS) is 18.3. The van der Waals surface area contributed by atoms with E-state index in [0.717, 1.165) is 24.3 Å². The third kappa shape index (κ3) is 3.10. The van der Waals surface area contributed by atoms with E-state index in [1.807, 2.05) is 23.9 Å². The Balaban J connectivity index is 1.67. The molecule has 0 fully saturated rings. The van der Waals surface area contributed by atoms with E-state index in [1.165, 1.54) is 23.4 Å². The Labute approximate surface area is 117 Å². The molecule has 19 heavy (non-hydrogen) atoms. The van der Waals surface area contributed by atoms with Gasteiger partial charge in [0.1, 0.15) is 5.82 Å². The number of nitrogens with one attached hydrogen (secondary N) is 1. The second-order valence-corrected chi connectivity index (χ2v) is 6.14. The molecule has 0 spiro atoms. The summed E-state index contributed by atoms with van der Waals surface area (Å²) in [6.07, 6.45) is 2.24. The molecule has 0 saturated heterocycles. The van der Waals surface area contributed by atoms with E-state index in [2.05, 4.69) is 29.6 Å². The molecule has 2 aromatic carbocycles. The Morgan fingerprint density at radius 2 is 1.84 bits per heavy atom. The van der Waals surface area contributed by atoms with Crippen molar-refractivity contribution in [1.82, 2.24) is 0 Å². The Hall–Kier alpha value is -1.48. The molecule has 1 N–H and O–H groups in total. The van der Waals surface area contributed by atoms with Crippen molar-refractivity contribution in [2.24, 2.45) is 0 Å². The first-order chi connectivity index (χ1) is 9.31. The van der Waals surface area contributed by atoms with Crippen LogP contribution in [0.2, 0.25) is 0 Å². The van der Waals surface area contributed by atoms with Crippen LogP contribution in [0.4, 0.5) is 10.1 Å². The number of hydrogen-bond donors (Lipinski definition) is 1. The van der Waals surface area contributed by atoms with Gasteiger partial charge in [-0.25, -0.2) is 4.39 Å². The molecule has 1 unspecified atom stereocenters. The molecular formula is C16H16FNS. The fourth-order valence-corrected chi connectivity index (χ4v) is 3.44. The van der Waals surface area contributed by atoms with E-state index in [4.69, 9.17) is 0 Å². The minimum atomic E-state index is -0.171. The fraction of sp³-hybridized carbons (Fsp3) is 0.250.